The third-order valence-electron chi connectivity index (χ3n) is 1.21. The van der Waals surface area contributed by atoms with Gasteiger partial charge in [0.05, 0.1) is 0 Å². The first kappa shape index (κ1) is 6.22. The van der Waals surface area contributed by atoms with Crippen molar-refractivity contribution in [3.63, 3.8) is 0 Å². The lowest BCUT2D eigenvalue weighted by atomic mass is 10.1. The number of hydrogen-bond acceptors (Lipinski definition) is 3. The van der Waals surface area contributed by atoms with E-state index in [9.17, 15) is 9.59 Å². The van der Waals surface area contributed by atoms with Crippen molar-refractivity contribution < 1.29 is 14.7 Å². The van der Waals surface area contributed by atoms with Crippen LogP contribution in [0.4, 0.5) is 0 Å². The predicted molar refractivity (Wildman–Crippen MR) is 28.4 cm³/mol. The molecule has 0 aromatic rings. The molecule has 0 bridgehead atoms. The Morgan fingerprint density at radius 1 is 1.56 bits per heavy atom. The highest BCUT2D eigenvalue weighted by Crippen LogP contribution is 2.02. The van der Waals surface area contributed by atoms with Crippen molar-refractivity contribution in [1.82, 2.24) is 5.32 Å². The lowest BCUT2D eigenvalue weighted by molar-refractivity contribution is -0.140. The van der Waals surface area contributed by atoms with Gasteiger partial charge in [-0.15, -0.1) is 0 Å². The summed E-state index contributed by atoms with van der Waals surface area (Å²) in [6, 6.07) is 0. The second kappa shape index (κ2) is 2.14. The van der Waals surface area contributed by atoms with E-state index >= 15 is 0 Å². The molecule has 0 saturated carbocycles. The number of rotatable bonds is 0. The Kier molecular flexibility index (Phi) is 1.48. The normalized spacial score (nSPS) is 27.9. The summed E-state index contributed by atoms with van der Waals surface area (Å²) in [5.41, 5.74) is 0. The Morgan fingerprint density at radius 2 is 2.22 bits per heavy atom. The number of amides is 2. The van der Waals surface area contributed by atoms with E-state index in [2.05, 4.69) is 0 Å². The van der Waals surface area contributed by atoms with Crippen LogP contribution in [0.5, 0.6) is 0 Å². The Balaban J connectivity index is 2.54. The molecule has 1 atom stereocenters. The van der Waals surface area contributed by atoms with Gasteiger partial charge in [-0.05, 0) is 6.42 Å². The zero-order valence-corrected chi connectivity index (χ0v) is 4.76. The molecule has 4 heteroatoms. The Morgan fingerprint density at radius 3 is 2.67 bits per heavy atom. The van der Waals surface area contributed by atoms with Crippen LogP contribution in [0, 0.1) is 0 Å². The summed E-state index contributed by atoms with van der Waals surface area (Å²) < 4.78 is 0. The van der Waals surface area contributed by atoms with E-state index in [1.807, 2.05) is 5.32 Å². The second-order valence-corrected chi connectivity index (χ2v) is 1.97. The van der Waals surface area contributed by atoms with Gasteiger partial charge in [-0.2, -0.15) is 0 Å². The average Bonchev–Trinajstić information content (AvgIpc) is 1.80. The molecule has 2 amide bonds. The zero-order valence-electron chi connectivity index (χ0n) is 4.76. The number of hydrogen-bond donors (Lipinski definition) is 2. The molecule has 9 heavy (non-hydrogen) atoms. The van der Waals surface area contributed by atoms with Crippen LogP contribution in [0.1, 0.15) is 12.8 Å². The van der Waals surface area contributed by atoms with Gasteiger partial charge in [0.25, 0.3) is 5.91 Å². The average molecular weight is 129 g/mol. The van der Waals surface area contributed by atoms with Gasteiger partial charge in [-0.25, -0.2) is 0 Å². The first-order valence-corrected chi connectivity index (χ1v) is 2.72. The van der Waals surface area contributed by atoms with Crippen molar-refractivity contribution in [2.24, 2.45) is 0 Å². The number of carbonyl (C=O) groups excluding carboxylic acids is 2. The zero-order chi connectivity index (χ0) is 6.85. The highest BCUT2D eigenvalue weighted by Gasteiger charge is 2.23. The van der Waals surface area contributed by atoms with Crippen LogP contribution in [0.25, 0.3) is 0 Å². The minimum atomic E-state index is -0.984. The van der Waals surface area contributed by atoms with Crippen LogP contribution < -0.4 is 5.32 Å². The second-order valence-electron chi connectivity index (χ2n) is 1.97. The first-order chi connectivity index (χ1) is 4.20. The molecule has 1 rings (SSSR count). The molecule has 1 fully saturated rings. The van der Waals surface area contributed by atoms with Crippen molar-refractivity contribution in [3.8, 4) is 0 Å². The molecule has 1 heterocycles. The maximum absolute atomic E-state index is 10.4. The molecule has 0 aliphatic carbocycles. The number of carbonyl (C=O) groups is 2. The van der Waals surface area contributed by atoms with Crippen LogP contribution in [-0.4, -0.2) is 23.0 Å². The molecule has 0 aromatic carbocycles. The van der Waals surface area contributed by atoms with E-state index < -0.39 is 12.0 Å². The maximum Gasteiger partial charge on any atom is 0.255 e. The standard InChI is InChI=1S/C5H7NO3/c7-3-1-2-4(8)6-5(3)9/h3,7H,1-2H2,(H,6,8,9)/t3-/m0/s1. The Labute approximate surface area is 51.9 Å². The molecule has 0 unspecified atom stereocenters. The van der Waals surface area contributed by atoms with Gasteiger partial charge in [0, 0.05) is 6.42 Å². The van der Waals surface area contributed by atoms with Crippen molar-refractivity contribution in [3.05, 3.63) is 0 Å². The quantitative estimate of drug-likeness (QED) is 0.403. The minimum absolute atomic E-state index is 0.243. The SMILES string of the molecule is O=C1CC[C@H](O)C(=O)N1. The van der Waals surface area contributed by atoms with Gasteiger partial charge in [0.1, 0.15) is 6.10 Å². The molecule has 50 valence electrons. The van der Waals surface area contributed by atoms with E-state index in [-0.39, 0.29) is 18.7 Å². The third kappa shape index (κ3) is 1.26. The summed E-state index contributed by atoms with van der Waals surface area (Å²) >= 11 is 0. The fraction of sp³-hybridized carbons (Fsp3) is 0.600. The number of piperidine rings is 1. The summed E-state index contributed by atoms with van der Waals surface area (Å²) in [7, 11) is 0. The number of aliphatic hydroxyl groups excluding tert-OH is 1. The number of imide groups is 1. The molecule has 1 saturated heterocycles. The molecule has 0 aromatic heterocycles. The molecule has 1 aliphatic rings. The fourth-order valence-corrected chi connectivity index (χ4v) is 0.682. The van der Waals surface area contributed by atoms with Gasteiger partial charge >= 0.3 is 0 Å². The summed E-state index contributed by atoms with van der Waals surface area (Å²) in [5, 5.41) is 10.7. The fourth-order valence-electron chi connectivity index (χ4n) is 0.682. The van der Waals surface area contributed by atoms with E-state index in [0.29, 0.717) is 0 Å². The predicted octanol–water partition coefficient (Wildman–Crippen LogP) is -1.22. The molecule has 4 nitrogen and oxygen atoms in total. The van der Waals surface area contributed by atoms with Gasteiger partial charge in [-0.1, -0.05) is 0 Å². The smallest absolute Gasteiger partial charge is 0.255 e. The van der Waals surface area contributed by atoms with Crippen molar-refractivity contribution in [2.75, 3.05) is 0 Å². The van der Waals surface area contributed by atoms with E-state index in [0.717, 1.165) is 0 Å². The Bertz CT molecular complexity index is 154. The van der Waals surface area contributed by atoms with Crippen LogP contribution in [0.2, 0.25) is 0 Å². The summed E-state index contributed by atoms with van der Waals surface area (Å²) in [6.07, 6.45) is -0.486. The molecular formula is C5H7NO3. The topological polar surface area (TPSA) is 66.4 Å². The summed E-state index contributed by atoms with van der Waals surface area (Å²) in [4.78, 5) is 20.8. The number of aliphatic hydroxyl groups is 1. The van der Waals surface area contributed by atoms with Crippen LogP contribution in [-0.2, 0) is 9.59 Å². The van der Waals surface area contributed by atoms with Gasteiger partial charge in [0.15, 0.2) is 0 Å². The minimum Gasteiger partial charge on any atom is -0.383 e. The molecular weight excluding hydrogens is 122 g/mol. The first-order valence-electron chi connectivity index (χ1n) is 2.72. The third-order valence-corrected chi connectivity index (χ3v) is 1.21. The van der Waals surface area contributed by atoms with Crippen molar-refractivity contribution in [2.45, 2.75) is 18.9 Å². The number of nitrogens with one attached hydrogen (secondary N) is 1. The lowest BCUT2D eigenvalue weighted by Gasteiger charge is -2.14. The van der Waals surface area contributed by atoms with E-state index in [1.54, 1.807) is 0 Å². The molecule has 0 radical (unpaired) electrons. The van der Waals surface area contributed by atoms with Gasteiger partial charge < -0.3 is 5.11 Å². The highest BCUT2D eigenvalue weighted by molar-refractivity contribution is 5.99. The molecule has 0 spiro atoms. The summed E-state index contributed by atoms with van der Waals surface area (Å²) in [6.45, 7) is 0. The lowest BCUT2D eigenvalue weighted by Crippen LogP contribution is -2.43. The largest absolute Gasteiger partial charge is 0.383 e. The van der Waals surface area contributed by atoms with Crippen molar-refractivity contribution >= 4 is 11.8 Å². The van der Waals surface area contributed by atoms with E-state index in [1.165, 1.54) is 0 Å². The highest BCUT2D eigenvalue weighted by atomic mass is 16.3. The van der Waals surface area contributed by atoms with Crippen LogP contribution >= 0.6 is 0 Å². The molecule has 2 N–H and O–H groups in total. The van der Waals surface area contributed by atoms with Crippen LogP contribution in [0.3, 0.4) is 0 Å². The van der Waals surface area contributed by atoms with Crippen molar-refractivity contribution in [1.29, 1.82) is 0 Å². The van der Waals surface area contributed by atoms with Crippen LogP contribution in [0.15, 0.2) is 0 Å². The maximum atomic E-state index is 10.4. The monoisotopic (exact) mass is 129 g/mol. The Hall–Kier alpha value is -0.900. The van der Waals surface area contributed by atoms with Gasteiger partial charge in [-0.3, -0.25) is 14.9 Å². The van der Waals surface area contributed by atoms with Gasteiger partial charge in [0.2, 0.25) is 5.91 Å². The molecule has 1 aliphatic heterocycles. The van der Waals surface area contributed by atoms with E-state index in [4.69, 9.17) is 5.11 Å². The summed E-state index contributed by atoms with van der Waals surface area (Å²) in [5.74, 6) is -0.878.